The van der Waals surface area contributed by atoms with Gasteiger partial charge in [0.15, 0.2) is 6.61 Å². The van der Waals surface area contributed by atoms with E-state index in [0.29, 0.717) is 11.4 Å². The number of carbonyl (C=O) groups is 3. The Bertz CT molecular complexity index is 1000. The third-order valence-corrected chi connectivity index (χ3v) is 5.16. The topological polar surface area (TPSA) is 151 Å². The minimum absolute atomic E-state index is 0.0967. The summed E-state index contributed by atoms with van der Waals surface area (Å²) >= 11 is 1.22. The highest BCUT2D eigenvalue weighted by Gasteiger charge is 2.24. The van der Waals surface area contributed by atoms with Crippen molar-refractivity contribution < 1.29 is 28.8 Å². The van der Waals surface area contributed by atoms with Crippen molar-refractivity contribution in [1.82, 2.24) is 0 Å². The molecule has 1 aromatic carbocycles. The highest BCUT2D eigenvalue weighted by Crippen LogP contribution is 2.34. The molecule has 1 aromatic heterocycles. The molecule has 1 heterocycles. The van der Waals surface area contributed by atoms with Crippen molar-refractivity contribution in [2.24, 2.45) is 0 Å². The summed E-state index contributed by atoms with van der Waals surface area (Å²) in [5.41, 5.74) is 5.91. The van der Waals surface area contributed by atoms with Gasteiger partial charge in [-0.25, -0.2) is 9.59 Å². The molecule has 0 bridgehead atoms. The fourth-order valence-electron chi connectivity index (χ4n) is 2.72. The molecule has 2 rings (SSSR count). The number of benzene rings is 1. The summed E-state index contributed by atoms with van der Waals surface area (Å²) in [6, 6.07) is 3.45. The Morgan fingerprint density at radius 3 is 2.50 bits per heavy atom. The Labute approximate surface area is 176 Å². The van der Waals surface area contributed by atoms with E-state index < -0.39 is 35.1 Å². The van der Waals surface area contributed by atoms with E-state index in [0.717, 1.165) is 16.5 Å². The van der Waals surface area contributed by atoms with Crippen molar-refractivity contribution in [3.63, 3.8) is 0 Å². The molecule has 0 saturated carbocycles. The molecule has 0 aliphatic heterocycles. The van der Waals surface area contributed by atoms with Gasteiger partial charge >= 0.3 is 11.9 Å². The number of hydrogen-bond donors (Lipinski definition) is 2. The average Bonchev–Trinajstić information content (AvgIpc) is 3.01. The van der Waals surface area contributed by atoms with Gasteiger partial charge in [0.1, 0.15) is 10.7 Å². The smallest absolute Gasteiger partial charge is 0.341 e. The number of esters is 2. The zero-order valence-corrected chi connectivity index (χ0v) is 17.5. The first-order valence-electron chi connectivity index (χ1n) is 8.99. The molecule has 160 valence electrons. The maximum atomic E-state index is 12.3. The number of nitrogens with two attached hydrogens (primary N) is 1. The first-order chi connectivity index (χ1) is 14.2. The number of ether oxygens (including phenoxy) is 2. The van der Waals surface area contributed by atoms with E-state index in [1.54, 1.807) is 6.92 Å². The van der Waals surface area contributed by atoms with Crippen LogP contribution in [0.25, 0.3) is 0 Å². The molecule has 10 nitrogen and oxygen atoms in total. The van der Waals surface area contributed by atoms with Crippen LogP contribution in [0.4, 0.5) is 16.4 Å². The molecule has 3 N–H and O–H groups in total. The number of hydrogen-bond acceptors (Lipinski definition) is 9. The molecule has 0 radical (unpaired) electrons. The monoisotopic (exact) mass is 435 g/mol. The molecule has 30 heavy (non-hydrogen) atoms. The third kappa shape index (κ3) is 5.11. The van der Waals surface area contributed by atoms with Gasteiger partial charge in [-0.3, -0.25) is 14.9 Å². The van der Waals surface area contributed by atoms with E-state index >= 15 is 0 Å². The first kappa shape index (κ1) is 22.8. The minimum atomic E-state index is -0.921. The lowest BCUT2D eigenvalue weighted by Gasteiger charge is -2.09. The molecule has 0 aliphatic rings. The molecule has 0 saturated heterocycles. The summed E-state index contributed by atoms with van der Waals surface area (Å²) in [5.74, 6) is -2.13. The predicted octanol–water partition coefficient (Wildman–Crippen LogP) is 3.08. The van der Waals surface area contributed by atoms with Crippen LogP contribution in [0.5, 0.6) is 0 Å². The third-order valence-electron chi connectivity index (χ3n) is 4.09. The Balaban J connectivity index is 2.10. The molecule has 1 amide bonds. The van der Waals surface area contributed by atoms with Crippen LogP contribution in [0.2, 0.25) is 0 Å². The van der Waals surface area contributed by atoms with Gasteiger partial charge in [0.25, 0.3) is 11.6 Å². The molecule has 0 spiro atoms. The molecule has 0 atom stereocenters. The van der Waals surface area contributed by atoms with Crippen LogP contribution in [-0.4, -0.2) is 36.0 Å². The standard InChI is InChI=1S/C19H21N3O7S/c1-4-12-10(3)30-17(16(12)19(25)28-5-2)21-15(23)9-29-18(24)11-6-7-13(20)14(8-11)22(26)27/h6-8H,4-5,9,20H2,1-3H3,(H,21,23). The van der Waals surface area contributed by atoms with Gasteiger partial charge in [0.2, 0.25) is 0 Å². The second-order valence-corrected chi connectivity index (χ2v) is 7.29. The maximum Gasteiger partial charge on any atom is 0.341 e. The zero-order valence-electron chi connectivity index (χ0n) is 16.6. The lowest BCUT2D eigenvalue weighted by atomic mass is 10.1. The van der Waals surface area contributed by atoms with E-state index in [2.05, 4.69) is 5.32 Å². The largest absolute Gasteiger partial charge is 0.462 e. The first-order valence-corrected chi connectivity index (χ1v) is 9.81. The van der Waals surface area contributed by atoms with Crippen LogP contribution >= 0.6 is 11.3 Å². The van der Waals surface area contributed by atoms with Crippen LogP contribution in [0.1, 0.15) is 45.0 Å². The fraction of sp³-hybridized carbons (Fsp3) is 0.316. The molecule has 0 unspecified atom stereocenters. The number of rotatable bonds is 8. The van der Waals surface area contributed by atoms with Gasteiger partial charge in [0, 0.05) is 10.9 Å². The SMILES string of the molecule is CCOC(=O)c1c(NC(=O)COC(=O)c2ccc(N)c([N+](=O)[O-])c2)sc(C)c1CC. The predicted molar refractivity (Wildman–Crippen MR) is 111 cm³/mol. The second kappa shape index (κ2) is 9.83. The number of nitrogen functional groups attached to an aromatic ring is 1. The number of carbonyl (C=O) groups excluding carboxylic acids is 3. The van der Waals surface area contributed by atoms with Gasteiger partial charge < -0.3 is 20.5 Å². The summed E-state index contributed by atoms with van der Waals surface area (Å²) in [7, 11) is 0. The van der Waals surface area contributed by atoms with Crippen molar-refractivity contribution in [2.45, 2.75) is 27.2 Å². The lowest BCUT2D eigenvalue weighted by molar-refractivity contribution is -0.383. The summed E-state index contributed by atoms with van der Waals surface area (Å²) in [4.78, 5) is 47.7. The van der Waals surface area contributed by atoms with Gasteiger partial charge in [-0.1, -0.05) is 6.92 Å². The number of thiophene rings is 1. The Morgan fingerprint density at radius 2 is 1.90 bits per heavy atom. The number of amides is 1. The van der Waals surface area contributed by atoms with Crippen molar-refractivity contribution in [1.29, 1.82) is 0 Å². The Morgan fingerprint density at radius 1 is 1.20 bits per heavy atom. The van der Waals surface area contributed by atoms with Gasteiger partial charge in [-0.2, -0.15) is 0 Å². The van der Waals surface area contributed by atoms with Crippen LogP contribution < -0.4 is 11.1 Å². The van der Waals surface area contributed by atoms with Crippen molar-refractivity contribution in [3.05, 3.63) is 49.9 Å². The van der Waals surface area contributed by atoms with Crippen LogP contribution in [-0.2, 0) is 20.7 Å². The summed E-state index contributed by atoms with van der Waals surface area (Å²) < 4.78 is 9.99. The molecule has 0 aliphatic carbocycles. The highest BCUT2D eigenvalue weighted by atomic mass is 32.1. The summed E-state index contributed by atoms with van der Waals surface area (Å²) in [5, 5.41) is 13.8. The van der Waals surface area contributed by atoms with Crippen molar-refractivity contribution >= 4 is 45.6 Å². The zero-order chi connectivity index (χ0) is 22.4. The molecular weight excluding hydrogens is 414 g/mol. The fourth-order valence-corrected chi connectivity index (χ4v) is 3.87. The molecule has 11 heteroatoms. The second-order valence-electron chi connectivity index (χ2n) is 6.07. The number of nitro groups is 1. The average molecular weight is 435 g/mol. The lowest BCUT2D eigenvalue weighted by Crippen LogP contribution is -2.22. The molecule has 0 fully saturated rings. The van der Waals surface area contributed by atoms with E-state index in [1.807, 2.05) is 13.8 Å². The number of anilines is 2. The summed E-state index contributed by atoms with van der Waals surface area (Å²) in [6.45, 7) is 4.95. The Kier molecular flexibility index (Phi) is 7.48. The van der Waals surface area contributed by atoms with Gasteiger partial charge in [-0.05, 0) is 38.0 Å². The quantitative estimate of drug-likeness (QED) is 0.278. The van der Waals surface area contributed by atoms with Crippen LogP contribution in [0.15, 0.2) is 18.2 Å². The number of aryl methyl sites for hydroxylation is 1. The number of nitrogens with one attached hydrogen (secondary N) is 1. The van der Waals surface area contributed by atoms with E-state index in [-0.39, 0.29) is 23.4 Å². The van der Waals surface area contributed by atoms with Crippen LogP contribution in [0, 0.1) is 17.0 Å². The van der Waals surface area contributed by atoms with Gasteiger partial charge in [0.05, 0.1) is 22.7 Å². The van der Waals surface area contributed by atoms with E-state index in [9.17, 15) is 24.5 Å². The minimum Gasteiger partial charge on any atom is -0.462 e. The van der Waals surface area contributed by atoms with Crippen molar-refractivity contribution in [3.8, 4) is 0 Å². The number of nitrogens with zero attached hydrogens (tertiary/aromatic N) is 1. The van der Waals surface area contributed by atoms with Crippen molar-refractivity contribution in [2.75, 3.05) is 24.3 Å². The normalized spacial score (nSPS) is 10.4. The summed E-state index contributed by atoms with van der Waals surface area (Å²) in [6.07, 6.45) is 0.581. The molecule has 2 aromatic rings. The number of nitro benzene ring substituents is 1. The Hall–Kier alpha value is -3.47. The maximum absolute atomic E-state index is 12.3. The van der Waals surface area contributed by atoms with Gasteiger partial charge in [-0.15, -0.1) is 11.3 Å². The van der Waals surface area contributed by atoms with E-state index in [1.165, 1.54) is 23.5 Å². The van der Waals surface area contributed by atoms with Crippen LogP contribution in [0.3, 0.4) is 0 Å². The highest BCUT2D eigenvalue weighted by molar-refractivity contribution is 7.16. The molecular formula is C19H21N3O7S. The van der Waals surface area contributed by atoms with E-state index in [4.69, 9.17) is 15.2 Å².